The molecule has 2 aliphatic heterocycles. The summed E-state index contributed by atoms with van der Waals surface area (Å²) in [6.45, 7) is 1.98. The fraction of sp³-hybridized carbons (Fsp3) is 0.500. The van der Waals surface area contributed by atoms with E-state index in [-0.39, 0.29) is 5.54 Å². The number of hydrogen-bond acceptors (Lipinski definition) is 2. The molecule has 74 valence electrons. The SMILES string of the molecule is c1ccc2c(c1)CC1(CCCN1)CO2. The highest BCUT2D eigenvalue weighted by Gasteiger charge is 2.37. The zero-order chi connectivity index (χ0) is 9.43. The Morgan fingerprint density at radius 2 is 2.21 bits per heavy atom. The number of rotatable bonds is 0. The van der Waals surface area contributed by atoms with Crippen molar-refractivity contribution in [3.63, 3.8) is 0 Å². The van der Waals surface area contributed by atoms with Gasteiger partial charge < -0.3 is 10.1 Å². The first-order chi connectivity index (χ1) is 6.88. The van der Waals surface area contributed by atoms with Gasteiger partial charge in [-0.1, -0.05) is 18.2 Å². The molecule has 1 unspecified atom stereocenters. The van der Waals surface area contributed by atoms with Crippen LogP contribution in [0, 0.1) is 0 Å². The van der Waals surface area contributed by atoms with Crippen LogP contribution in [0.5, 0.6) is 5.75 Å². The minimum absolute atomic E-state index is 0.244. The molecule has 0 radical (unpaired) electrons. The van der Waals surface area contributed by atoms with Crippen LogP contribution in [0.3, 0.4) is 0 Å². The van der Waals surface area contributed by atoms with Crippen molar-refractivity contribution >= 4 is 0 Å². The molecular formula is C12H15NO. The summed E-state index contributed by atoms with van der Waals surface area (Å²) < 4.78 is 5.80. The van der Waals surface area contributed by atoms with Gasteiger partial charge >= 0.3 is 0 Å². The molecule has 2 heteroatoms. The van der Waals surface area contributed by atoms with E-state index < -0.39 is 0 Å². The highest BCUT2D eigenvalue weighted by Crippen LogP contribution is 2.33. The Kier molecular flexibility index (Phi) is 1.77. The van der Waals surface area contributed by atoms with Crippen molar-refractivity contribution in [2.75, 3.05) is 13.2 Å². The summed E-state index contributed by atoms with van der Waals surface area (Å²) in [4.78, 5) is 0. The monoisotopic (exact) mass is 189 g/mol. The maximum atomic E-state index is 5.80. The van der Waals surface area contributed by atoms with Crippen molar-refractivity contribution in [2.24, 2.45) is 0 Å². The van der Waals surface area contributed by atoms with Gasteiger partial charge in [0, 0.05) is 0 Å². The van der Waals surface area contributed by atoms with Crippen LogP contribution in [0.1, 0.15) is 18.4 Å². The predicted octanol–water partition coefficient (Wildman–Crippen LogP) is 1.74. The lowest BCUT2D eigenvalue weighted by Crippen LogP contribution is -2.49. The van der Waals surface area contributed by atoms with E-state index in [2.05, 4.69) is 23.5 Å². The first-order valence-corrected chi connectivity index (χ1v) is 5.34. The molecule has 1 fully saturated rings. The molecule has 0 bridgehead atoms. The van der Waals surface area contributed by atoms with Gasteiger partial charge in [-0.05, 0) is 37.4 Å². The van der Waals surface area contributed by atoms with Crippen LogP contribution in [-0.2, 0) is 6.42 Å². The average Bonchev–Trinajstić information content (AvgIpc) is 2.66. The van der Waals surface area contributed by atoms with Crippen LogP contribution in [0.2, 0.25) is 0 Å². The van der Waals surface area contributed by atoms with Crippen molar-refractivity contribution < 1.29 is 4.74 Å². The molecule has 1 N–H and O–H groups in total. The van der Waals surface area contributed by atoms with Crippen LogP contribution in [-0.4, -0.2) is 18.7 Å². The molecule has 0 amide bonds. The summed E-state index contributed by atoms with van der Waals surface area (Å²) in [5.74, 6) is 1.08. The third kappa shape index (κ3) is 1.22. The summed E-state index contributed by atoms with van der Waals surface area (Å²) >= 11 is 0. The Morgan fingerprint density at radius 1 is 1.29 bits per heavy atom. The summed E-state index contributed by atoms with van der Waals surface area (Å²) in [7, 11) is 0. The van der Waals surface area contributed by atoms with E-state index in [9.17, 15) is 0 Å². The number of ether oxygens (including phenoxy) is 1. The zero-order valence-electron chi connectivity index (χ0n) is 8.25. The van der Waals surface area contributed by atoms with E-state index in [1.165, 1.54) is 18.4 Å². The Hall–Kier alpha value is -1.02. The largest absolute Gasteiger partial charge is 0.491 e. The van der Waals surface area contributed by atoms with E-state index in [4.69, 9.17) is 4.74 Å². The molecule has 1 saturated heterocycles. The van der Waals surface area contributed by atoms with Gasteiger partial charge in [0.25, 0.3) is 0 Å². The van der Waals surface area contributed by atoms with Crippen molar-refractivity contribution in [3.05, 3.63) is 29.8 Å². The lowest BCUT2D eigenvalue weighted by molar-refractivity contribution is 0.173. The maximum Gasteiger partial charge on any atom is 0.122 e. The standard InChI is InChI=1S/C12H15NO/c1-2-5-11-10(4-1)8-12(9-14-11)6-3-7-13-12/h1-2,4-5,13H,3,6-9H2. The van der Waals surface area contributed by atoms with E-state index in [1.807, 2.05) is 6.07 Å². The van der Waals surface area contributed by atoms with Crippen LogP contribution in [0.15, 0.2) is 24.3 Å². The molecule has 1 aromatic carbocycles. The highest BCUT2D eigenvalue weighted by molar-refractivity contribution is 5.37. The van der Waals surface area contributed by atoms with E-state index in [0.29, 0.717) is 0 Å². The summed E-state index contributed by atoms with van der Waals surface area (Å²) in [5.41, 5.74) is 1.60. The van der Waals surface area contributed by atoms with Crippen LogP contribution in [0.4, 0.5) is 0 Å². The molecule has 2 aliphatic rings. The van der Waals surface area contributed by atoms with Gasteiger partial charge in [-0.25, -0.2) is 0 Å². The minimum atomic E-state index is 0.244. The van der Waals surface area contributed by atoms with Gasteiger partial charge in [0.05, 0.1) is 5.54 Å². The van der Waals surface area contributed by atoms with Crippen molar-refractivity contribution in [2.45, 2.75) is 24.8 Å². The topological polar surface area (TPSA) is 21.3 Å². The highest BCUT2D eigenvalue weighted by atomic mass is 16.5. The second-order valence-electron chi connectivity index (χ2n) is 4.38. The van der Waals surface area contributed by atoms with Gasteiger partial charge in [0.1, 0.15) is 12.4 Å². The molecule has 1 spiro atoms. The van der Waals surface area contributed by atoms with Gasteiger partial charge in [0.15, 0.2) is 0 Å². The molecule has 0 aromatic heterocycles. The number of nitrogens with one attached hydrogen (secondary N) is 1. The fourth-order valence-electron chi connectivity index (χ4n) is 2.56. The van der Waals surface area contributed by atoms with E-state index in [1.54, 1.807) is 0 Å². The van der Waals surface area contributed by atoms with Crippen molar-refractivity contribution in [1.29, 1.82) is 0 Å². The second-order valence-corrected chi connectivity index (χ2v) is 4.38. The number of hydrogen-bond donors (Lipinski definition) is 1. The lowest BCUT2D eigenvalue weighted by atomic mass is 9.88. The van der Waals surface area contributed by atoms with Gasteiger partial charge in [0.2, 0.25) is 0 Å². The van der Waals surface area contributed by atoms with Crippen LogP contribution in [0.25, 0.3) is 0 Å². The maximum absolute atomic E-state index is 5.80. The third-order valence-electron chi connectivity index (χ3n) is 3.34. The van der Waals surface area contributed by atoms with E-state index in [0.717, 1.165) is 25.3 Å². The minimum Gasteiger partial charge on any atom is -0.491 e. The quantitative estimate of drug-likeness (QED) is 0.671. The second kappa shape index (κ2) is 2.99. The Balaban J connectivity index is 1.92. The van der Waals surface area contributed by atoms with Gasteiger partial charge in [-0.15, -0.1) is 0 Å². The number of benzene rings is 1. The molecule has 1 aromatic rings. The van der Waals surface area contributed by atoms with Crippen molar-refractivity contribution in [3.8, 4) is 5.75 Å². The number of fused-ring (bicyclic) bond motifs is 1. The molecule has 0 saturated carbocycles. The van der Waals surface area contributed by atoms with Crippen molar-refractivity contribution in [1.82, 2.24) is 5.32 Å². The van der Waals surface area contributed by atoms with Crippen LogP contribution < -0.4 is 10.1 Å². The molecular weight excluding hydrogens is 174 g/mol. The fourth-order valence-corrected chi connectivity index (χ4v) is 2.56. The molecule has 1 atom stereocenters. The molecule has 0 aliphatic carbocycles. The third-order valence-corrected chi connectivity index (χ3v) is 3.34. The Morgan fingerprint density at radius 3 is 3.07 bits per heavy atom. The van der Waals surface area contributed by atoms with E-state index >= 15 is 0 Å². The Bertz CT molecular complexity index is 342. The smallest absolute Gasteiger partial charge is 0.122 e. The summed E-state index contributed by atoms with van der Waals surface area (Å²) in [6, 6.07) is 8.38. The Labute approximate surface area is 84.3 Å². The first-order valence-electron chi connectivity index (χ1n) is 5.34. The van der Waals surface area contributed by atoms with Crippen LogP contribution >= 0.6 is 0 Å². The summed E-state index contributed by atoms with van der Waals surface area (Å²) in [6.07, 6.45) is 3.66. The average molecular weight is 189 g/mol. The van der Waals surface area contributed by atoms with Gasteiger partial charge in [-0.3, -0.25) is 0 Å². The lowest BCUT2D eigenvalue weighted by Gasteiger charge is -2.34. The predicted molar refractivity (Wildman–Crippen MR) is 55.6 cm³/mol. The molecule has 2 heterocycles. The molecule has 14 heavy (non-hydrogen) atoms. The first kappa shape index (κ1) is 8.30. The zero-order valence-corrected chi connectivity index (χ0v) is 8.25. The normalized spacial score (nSPS) is 30.0. The molecule has 2 nitrogen and oxygen atoms in total. The van der Waals surface area contributed by atoms with Gasteiger partial charge in [-0.2, -0.15) is 0 Å². The summed E-state index contributed by atoms with van der Waals surface area (Å²) in [5, 5.41) is 3.59. The number of para-hydroxylation sites is 1. The molecule has 3 rings (SSSR count).